The third-order valence-electron chi connectivity index (χ3n) is 4.49. The van der Waals surface area contributed by atoms with Crippen molar-refractivity contribution in [3.05, 3.63) is 0 Å². The lowest BCUT2D eigenvalue weighted by Crippen LogP contribution is -2.49. The van der Waals surface area contributed by atoms with Crippen LogP contribution in [-0.4, -0.2) is 35.2 Å². The molecule has 3 saturated heterocycles. The molecule has 0 aromatic heterocycles. The maximum Gasteiger partial charge on any atom is 0.0474 e. The minimum absolute atomic E-state index is 0.421. The summed E-state index contributed by atoms with van der Waals surface area (Å²) in [6.07, 6.45) is 6.88. The molecule has 74 valence electrons. The Bertz CT molecular complexity index is 204. The maximum atomic E-state index is 9.34. The monoisotopic (exact) mass is 181 g/mol. The molecule has 1 N–H and O–H groups in total. The van der Waals surface area contributed by atoms with Crippen molar-refractivity contribution in [3.8, 4) is 0 Å². The summed E-state index contributed by atoms with van der Waals surface area (Å²) in [7, 11) is 0. The van der Waals surface area contributed by atoms with Crippen LogP contribution in [0.4, 0.5) is 0 Å². The van der Waals surface area contributed by atoms with Crippen LogP contribution in [0.25, 0.3) is 0 Å². The summed E-state index contributed by atoms with van der Waals surface area (Å²) in [5.74, 6) is 1.53. The number of aliphatic hydroxyl groups is 1. The predicted octanol–water partition coefficient (Wildman–Crippen LogP) is 1.24. The summed E-state index contributed by atoms with van der Waals surface area (Å²) in [6.45, 7) is 1.73. The molecule has 3 aliphatic rings. The van der Waals surface area contributed by atoms with Gasteiger partial charge in [-0.3, -0.25) is 4.90 Å². The molecule has 0 saturated carbocycles. The van der Waals surface area contributed by atoms with Gasteiger partial charge in [-0.15, -0.1) is 0 Å². The molecule has 0 radical (unpaired) electrons. The van der Waals surface area contributed by atoms with Crippen LogP contribution >= 0.6 is 0 Å². The summed E-state index contributed by atoms with van der Waals surface area (Å²) >= 11 is 0. The van der Waals surface area contributed by atoms with E-state index in [1.54, 1.807) is 0 Å². The topological polar surface area (TPSA) is 23.5 Å². The summed E-state index contributed by atoms with van der Waals surface area (Å²) < 4.78 is 0. The van der Waals surface area contributed by atoms with Gasteiger partial charge in [0.05, 0.1) is 0 Å². The van der Waals surface area contributed by atoms with Gasteiger partial charge in [-0.25, -0.2) is 0 Å². The zero-order valence-electron chi connectivity index (χ0n) is 8.15. The fourth-order valence-corrected chi connectivity index (χ4v) is 4.01. The molecule has 1 unspecified atom stereocenters. The van der Waals surface area contributed by atoms with E-state index in [1.165, 1.54) is 38.6 Å². The van der Waals surface area contributed by atoms with Crippen LogP contribution in [0.3, 0.4) is 0 Å². The molecular weight excluding hydrogens is 162 g/mol. The van der Waals surface area contributed by atoms with Crippen LogP contribution in [0, 0.1) is 11.8 Å². The number of rotatable bonds is 1. The second-order valence-corrected chi connectivity index (χ2v) is 5.04. The van der Waals surface area contributed by atoms with Crippen molar-refractivity contribution in [1.82, 2.24) is 4.90 Å². The Balaban J connectivity index is 1.87. The Hall–Kier alpha value is -0.0800. The van der Waals surface area contributed by atoms with Crippen molar-refractivity contribution in [2.45, 2.75) is 44.2 Å². The van der Waals surface area contributed by atoms with Gasteiger partial charge in [-0.05, 0) is 50.5 Å². The van der Waals surface area contributed by atoms with Gasteiger partial charge >= 0.3 is 0 Å². The molecule has 2 heteroatoms. The van der Waals surface area contributed by atoms with E-state index in [2.05, 4.69) is 4.90 Å². The highest BCUT2D eigenvalue weighted by molar-refractivity contribution is 5.03. The third-order valence-corrected chi connectivity index (χ3v) is 4.49. The maximum absolute atomic E-state index is 9.34. The largest absolute Gasteiger partial charge is 0.396 e. The quantitative estimate of drug-likeness (QED) is 0.658. The average Bonchev–Trinajstić information content (AvgIpc) is 2.39. The smallest absolute Gasteiger partial charge is 0.0474 e. The predicted molar refractivity (Wildman–Crippen MR) is 51.4 cm³/mol. The van der Waals surface area contributed by atoms with E-state index < -0.39 is 0 Å². The first-order valence-electron chi connectivity index (χ1n) is 5.77. The van der Waals surface area contributed by atoms with Crippen LogP contribution in [-0.2, 0) is 0 Å². The summed E-state index contributed by atoms with van der Waals surface area (Å²) in [4.78, 5) is 2.71. The Morgan fingerprint density at radius 2 is 2.15 bits per heavy atom. The molecule has 13 heavy (non-hydrogen) atoms. The highest BCUT2D eigenvalue weighted by Crippen LogP contribution is 2.47. The van der Waals surface area contributed by atoms with Gasteiger partial charge in [0.25, 0.3) is 0 Å². The fourth-order valence-electron chi connectivity index (χ4n) is 4.01. The van der Waals surface area contributed by atoms with Gasteiger partial charge < -0.3 is 5.11 Å². The second-order valence-electron chi connectivity index (χ2n) is 5.04. The molecule has 3 fully saturated rings. The lowest BCUT2D eigenvalue weighted by Gasteiger charge is -2.43. The first-order chi connectivity index (χ1) is 6.40. The SMILES string of the molecule is OC[C@@H]1CC[C@H]2C[C@@H]3CCCN2[C@H]13. The number of hydrogen-bond acceptors (Lipinski definition) is 2. The first-order valence-corrected chi connectivity index (χ1v) is 5.77. The Labute approximate surface area is 79.9 Å². The molecule has 4 bridgehead atoms. The molecule has 2 nitrogen and oxygen atoms in total. The normalized spacial score (nSPS) is 53.8. The molecule has 0 aromatic carbocycles. The van der Waals surface area contributed by atoms with Crippen molar-refractivity contribution in [2.24, 2.45) is 11.8 Å². The van der Waals surface area contributed by atoms with E-state index >= 15 is 0 Å². The lowest BCUT2D eigenvalue weighted by atomic mass is 9.82. The third kappa shape index (κ3) is 1.08. The number of hydrogen-bond donors (Lipinski definition) is 1. The van der Waals surface area contributed by atoms with Gasteiger partial charge in [0, 0.05) is 18.7 Å². The van der Waals surface area contributed by atoms with E-state index in [4.69, 9.17) is 0 Å². The first kappa shape index (κ1) is 8.25. The van der Waals surface area contributed by atoms with E-state index in [-0.39, 0.29) is 0 Å². The molecule has 3 heterocycles. The Kier molecular flexibility index (Phi) is 1.88. The zero-order chi connectivity index (χ0) is 8.84. The van der Waals surface area contributed by atoms with Crippen molar-refractivity contribution in [3.63, 3.8) is 0 Å². The highest BCUT2D eigenvalue weighted by Gasteiger charge is 2.49. The van der Waals surface area contributed by atoms with Gasteiger partial charge in [0.1, 0.15) is 0 Å². The Morgan fingerprint density at radius 1 is 1.23 bits per heavy atom. The minimum Gasteiger partial charge on any atom is -0.396 e. The van der Waals surface area contributed by atoms with Crippen LogP contribution in [0.5, 0.6) is 0 Å². The molecule has 3 aliphatic heterocycles. The van der Waals surface area contributed by atoms with Crippen molar-refractivity contribution < 1.29 is 5.11 Å². The fraction of sp³-hybridized carbons (Fsp3) is 1.00. The molecule has 0 amide bonds. The molecule has 0 aromatic rings. The molecule has 5 atom stereocenters. The lowest BCUT2D eigenvalue weighted by molar-refractivity contribution is 0.0258. The van der Waals surface area contributed by atoms with Gasteiger partial charge in [0.15, 0.2) is 0 Å². The molecule has 0 aliphatic carbocycles. The minimum atomic E-state index is 0.421. The molecular formula is C11H19NO. The van der Waals surface area contributed by atoms with Crippen molar-refractivity contribution >= 4 is 0 Å². The molecule has 3 rings (SSSR count). The van der Waals surface area contributed by atoms with Crippen LogP contribution < -0.4 is 0 Å². The van der Waals surface area contributed by atoms with E-state index in [0.717, 1.165) is 18.0 Å². The van der Waals surface area contributed by atoms with Crippen LogP contribution in [0.15, 0.2) is 0 Å². The van der Waals surface area contributed by atoms with Gasteiger partial charge in [0.2, 0.25) is 0 Å². The van der Waals surface area contributed by atoms with Gasteiger partial charge in [-0.2, -0.15) is 0 Å². The number of aliphatic hydroxyl groups excluding tert-OH is 1. The Morgan fingerprint density at radius 3 is 3.00 bits per heavy atom. The number of nitrogens with zero attached hydrogens (tertiary/aromatic N) is 1. The summed E-state index contributed by atoms with van der Waals surface area (Å²) in [5, 5.41) is 9.34. The second kappa shape index (κ2) is 2.96. The summed E-state index contributed by atoms with van der Waals surface area (Å²) in [6, 6.07) is 1.65. The van der Waals surface area contributed by atoms with Crippen LogP contribution in [0.1, 0.15) is 32.1 Å². The zero-order valence-corrected chi connectivity index (χ0v) is 8.15. The van der Waals surface area contributed by atoms with Gasteiger partial charge in [-0.1, -0.05) is 0 Å². The highest BCUT2D eigenvalue weighted by atomic mass is 16.3. The average molecular weight is 181 g/mol. The van der Waals surface area contributed by atoms with E-state index in [1.807, 2.05) is 0 Å². The molecule has 0 spiro atoms. The van der Waals surface area contributed by atoms with Crippen molar-refractivity contribution in [2.75, 3.05) is 13.2 Å². The number of piperidine rings is 2. The van der Waals surface area contributed by atoms with E-state index in [9.17, 15) is 5.11 Å². The summed E-state index contributed by atoms with van der Waals surface area (Å²) in [5.41, 5.74) is 0. The van der Waals surface area contributed by atoms with Crippen molar-refractivity contribution in [1.29, 1.82) is 0 Å². The van der Waals surface area contributed by atoms with E-state index in [0.29, 0.717) is 12.5 Å². The van der Waals surface area contributed by atoms with Crippen LogP contribution in [0.2, 0.25) is 0 Å². The standard InChI is InChI=1S/C11H19NO/c13-7-9-3-4-10-6-8-2-1-5-12(10)11(8)9/h8-11,13H,1-7H2/t8-,9-,10-,11-/m0/s1.